The summed E-state index contributed by atoms with van der Waals surface area (Å²) in [6, 6.07) is 21.4. The van der Waals surface area contributed by atoms with Gasteiger partial charge in [0.1, 0.15) is 11.5 Å². The Balaban J connectivity index is 1.34. The number of benzene rings is 2. The second kappa shape index (κ2) is 10.4. The molecule has 11 nitrogen and oxygen atoms in total. The highest BCUT2D eigenvalue weighted by Gasteiger charge is 2.27. The summed E-state index contributed by atoms with van der Waals surface area (Å²) >= 11 is 0. The van der Waals surface area contributed by atoms with Crippen LogP contribution in [0.1, 0.15) is 23.2 Å². The quantitative estimate of drug-likeness (QED) is 0.309. The molecule has 12 heteroatoms. The van der Waals surface area contributed by atoms with Crippen LogP contribution in [0.25, 0.3) is 28.7 Å². The van der Waals surface area contributed by atoms with Crippen LogP contribution in [0.2, 0.25) is 0 Å². The molecule has 202 valence electrons. The Morgan fingerprint density at radius 2 is 1.68 bits per heavy atom. The smallest absolute Gasteiger partial charge is 0.256 e. The molecule has 0 bridgehead atoms. The van der Waals surface area contributed by atoms with Crippen LogP contribution >= 0.6 is 0 Å². The molecule has 0 saturated carbocycles. The number of furan rings is 1. The first-order valence-electron chi connectivity index (χ1n) is 12.6. The third-order valence-electron chi connectivity index (χ3n) is 6.54. The van der Waals surface area contributed by atoms with Crippen molar-refractivity contribution in [2.45, 2.75) is 17.7 Å². The van der Waals surface area contributed by atoms with E-state index in [9.17, 15) is 18.0 Å². The normalized spacial score (nSPS) is 13.9. The Morgan fingerprint density at radius 1 is 0.925 bits per heavy atom. The van der Waals surface area contributed by atoms with Gasteiger partial charge in [-0.05, 0) is 49.2 Å². The molecule has 3 aromatic heterocycles. The molecule has 1 saturated heterocycles. The third-order valence-corrected chi connectivity index (χ3v) is 8.46. The van der Waals surface area contributed by atoms with Gasteiger partial charge in [-0.25, -0.2) is 13.4 Å². The lowest BCUT2D eigenvalue weighted by Crippen LogP contribution is -2.27. The van der Waals surface area contributed by atoms with E-state index in [0.29, 0.717) is 30.2 Å². The van der Waals surface area contributed by atoms with Crippen molar-refractivity contribution >= 4 is 21.7 Å². The summed E-state index contributed by atoms with van der Waals surface area (Å²) in [6.07, 6.45) is 3.17. The van der Waals surface area contributed by atoms with Crippen LogP contribution < -0.4 is 10.9 Å². The molecule has 1 aliphatic rings. The van der Waals surface area contributed by atoms with E-state index in [1.54, 1.807) is 18.2 Å². The lowest BCUT2D eigenvalue weighted by Gasteiger charge is -2.15. The lowest BCUT2D eigenvalue weighted by molar-refractivity contribution is 0.102. The van der Waals surface area contributed by atoms with Gasteiger partial charge in [0.05, 0.1) is 16.9 Å². The summed E-state index contributed by atoms with van der Waals surface area (Å²) in [5.41, 5.74) is 1.42. The molecule has 0 radical (unpaired) electrons. The van der Waals surface area contributed by atoms with Crippen molar-refractivity contribution in [1.82, 2.24) is 24.1 Å². The summed E-state index contributed by atoms with van der Waals surface area (Å²) < 4.78 is 33.9. The molecule has 1 aliphatic heterocycles. The van der Waals surface area contributed by atoms with Gasteiger partial charge in [0.2, 0.25) is 16.0 Å². The molecule has 2 N–H and O–H groups in total. The largest absolute Gasteiger partial charge is 0.463 e. The molecular weight excluding hydrogens is 532 g/mol. The number of nitrogens with zero attached hydrogens (tertiary/aromatic N) is 4. The second-order valence-electron chi connectivity index (χ2n) is 9.21. The van der Waals surface area contributed by atoms with Crippen molar-refractivity contribution in [1.29, 1.82) is 0 Å². The highest BCUT2D eigenvalue weighted by Crippen LogP contribution is 2.26. The molecule has 40 heavy (non-hydrogen) atoms. The summed E-state index contributed by atoms with van der Waals surface area (Å²) in [7, 11) is -3.60. The van der Waals surface area contributed by atoms with Gasteiger partial charge in [0, 0.05) is 36.3 Å². The fourth-order valence-electron chi connectivity index (χ4n) is 4.52. The number of amides is 1. The zero-order valence-electron chi connectivity index (χ0n) is 21.1. The molecule has 6 rings (SSSR count). The standard InChI is InChI=1S/C28H24N6O5S/c35-26-18-22(19-7-2-1-3-8-19)29-28(31-26)34-25(17-23(32-34)24-9-6-16-39-24)30-27(36)20-10-12-21(13-11-20)40(37,38)33-14-4-5-15-33/h1-3,6-13,16-18H,4-5,14-15H2,(H,30,36)(H,29,31,35). The predicted octanol–water partition coefficient (Wildman–Crippen LogP) is 3.92. The number of carbonyl (C=O) groups excluding carboxylic acids is 1. The van der Waals surface area contributed by atoms with E-state index in [2.05, 4.69) is 20.4 Å². The molecule has 1 amide bonds. The number of aromatic amines is 1. The maximum absolute atomic E-state index is 13.2. The van der Waals surface area contributed by atoms with Gasteiger partial charge in [0.15, 0.2) is 5.76 Å². The maximum atomic E-state index is 13.2. The van der Waals surface area contributed by atoms with Crippen molar-refractivity contribution in [3.8, 4) is 28.7 Å². The molecule has 0 atom stereocenters. The van der Waals surface area contributed by atoms with Crippen LogP contribution in [0.4, 0.5) is 5.82 Å². The number of nitrogens with one attached hydrogen (secondary N) is 2. The summed E-state index contributed by atoms with van der Waals surface area (Å²) in [4.78, 5) is 33.2. The molecule has 0 aliphatic carbocycles. The number of rotatable bonds is 7. The second-order valence-corrected chi connectivity index (χ2v) is 11.2. The number of aromatic nitrogens is 4. The minimum Gasteiger partial charge on any atom is -0.463 e. The summed E-state index contributed by atoms with van der Waals surface area (Å²) in [6.45, 7) is 0.988. The number of hydrogen-bond acceptors (Lipinski definition) is 7. The average molecular weight is 557 g/mol. The Hall–Kier alpha value is -4.81. The van der Waals surface area contributed by atoms with Crippen LogP contribution in [-0.4, -0.2) is 51.5 Å². The fraction of sp³-hybridized carbons (Fsp3) is 0.143. The van der Waals surface area contributed by atoms with Gasteiger partial charge in [0.25, 0.3) is 11.5 Å². The van der Waals surface area contributed by atoms with Gasteiger partial charge in [-0.1, -0.05) is 30.3 Å². The van der Waals surface area contributed by atoms with Crippen LogP contribution in [0.3, 0.4) is 0 Å². The van der Waals surface area contributed by atoms with Gasteiger partial charge >= 0.3 is 0 Å². The molecule has 5 aromatic rings. The topological polar surface area (TPSA) is 143 Å². The Labute approximate surface area is 229 Å². The first kappa shape index (κ1) is 25.5. The van der Waals surface area contributed by atoms with Crippen molar-refractivity contribution < 1.29 is 17.6 Å². The van der Waals surface area contributed by atoms with Gasteiger partial charge in [-0.3, -0.25) is 14.6 Å². The van der Waals surface area contributed by atoms with Crippen molar-refractivity contribution in [3.63, 3.8) is 0 Å². The SMILES string of the molecule is O=C(Nc1cc(-c2ccco2)nn1-c1nc(-c2ccccc2)cc(=O)[nH]1)c1ccc(S(=O)(=O)N2CCCC2)cc1. The summed E-state index contributed by atoms with van der Waals surface area (Å²) in [5.74, 6) is 0.260. The molecule has 0 spiro atoms. The van der Waals surface area contributed by atoms with E-state index in [-0.39, 0.29) is 22.2 Å². The van der Waals surface area contributed by atoms with E-state index in [4.69, 9.17) is 4.42 Å². The van der Waals surface area contributed by atoms with Crippen LogP contribution in [-0.2, 0) is 10.0 Å². The third kappa shape index (κ3) is 4.97. The average Bonchev–Trinajstić information content (AvgIpc) is 3.76. The number of anilines is 1. The van der Waals surface area contributed by atoms with E-state index in [1.807, 2.05) is 30.3 Å². The van der Waals surface area contributed by atoms with Crippen LogP contribution in [0.15, 0.2) is 99.2 Å². The van der Waals surface area contributed by atoms with Crippen LogP contribution in [0.5, 0.6) is 0 Å². The molecular formula is C28H24N6O5S. The molecule has 4 heterocycles. The Kier molecular flexibility index (Phi) is 6.62. The zero-order valence-corrected chi connectivity index (χ0v) is 22.0. The zero-order chi connectivity index (χ0) is 27.7. The lowest BCUT2D eigenvalue weighted by atomic mass is 10.1. The highest BCUT2D eigenvalue weighted by molar-refractivity contribution is 7.89. The number of sulfonamides is 1. The van der Waals surface area contributed by atoms with Crippen LogP contribution in [0, 0.1) is 0 Å². The Morgan fingerprint density at radius 3 is 2.38 bits per heavy atom. The number of H-pyrrole nitrogens is 1. The van der Waals surface area contributed by atoms with Gasteiger partial charge in [-0.15, -0.1) is 0 Å². The van der Waals surface area contributed by atoms with E-state index < -0.39 is 21.5 Å². The minimum atomic E-state index is -3.60. The fourth-order valence-corrected chi connectivity index (χ4v) is 6.04. The van der Waals surface area contributed by atoms with E-state index in [1.165, 1.54) is 45.6 Å². The molecule has 0 unspecified atom stereocenters. The Bertz CT molecular complexity index is 1820. The van der Waals surface area contributed by atoms with Gasteiger partial charge < -0.3 is 9.73 Å². The monoisotopic (exact) mass is 556 g/mol. The number of hydrogen-bond donors (Lipinski definition) is 2. The summed E-state index contributed by atoms with van der Waals surface area (Å²) in [5, 5.41) is 7.32. The highest BCUT2D eigenvalue weighted by atomic mass is 32.2. The van der Waals surface area contributed by atoms with E-state index in [0.717, 1.165) is 18.4 Å². The van der Waals surface area contributed by atoms with Crippen molar-refractivity contribution in [3.05, 3.63) is 101 Å². The minimum absolute atomic E-state index is 0.0894. The van der Waals surface area contributed by atoms with Crippen molar-refractivity contribution in [2.75, 3.05) is 18.4 Å². The first-order valence-corrected chi connectivity index (χ1v) is 14.1. The molecule has 1 fully saturated rings. The van der Waals surface area contributed by atoms with Gasteiger partial charge in [-0.2, -0.15) is 14.1 Å². The maximum Gasteiger partial charge on any atom is 0.256 e. The predicted molar refractivity (Wildman–Crippen MR) is 148 cm³/mol. The van der Waals surface area contributed by atoms with E-state index >= 15 is 0 Å². The number of carbonyl (C=O) groups is 1. The first-order chi connectivity index (χ1) is 19.4. The van der Waals surface area contributed by atoms with Crippen molar-refractivity contribution in [2.24, 2.45) is 0 Å². The molecule has 2 aromatic carbocycles.